The van der Waals surface area contributed by atoms with Crippen molar-refractivity contribution >= 4 is 21.4 Å². The Balaban J connectivity index is 2.55. The second-order valence-corrected chi connectivity index (χ2v) is 5.75. The molecule has 18 heavy (non-hydrogen) atoms. The Morgan fingerprint density at radius 1 is 1.17 bits per heavy atom. The first-order chi connectivity index (χ1) is 8.46. The highest BCUT2D eigenvalue weighted by atomic mass is 32.2. The first-order valence-electron chi connectivity index (χ1n) is 6.05. The molecule has 1 rings (SSSR count). The first kappa shape index (κ1) is 14.8. The third-order valence-electron chi connectivity index (χ3n) is 2.71. The highest BCUT2D eigenvalue weighted by Gasteiger charge is 2.03. The summed E-state index contributed by atoms with van der Waals surface area (Å²) in [5.41, 5.74) is 2.06. The minimum Gasteiger partial charge on any atom is -0.384 e. The number of anilines is 2. The molecule has 0 fully saturated rings. The van der Waals surface area contributed by atoms with Crippen LogP contribution in [-0.4, -0.2) is 33.8 Å². The van der Waals surface area contributed by atoms with Crippen LogP contribution in [0.1, 0.15) is 13.8 Å². The summed E-state index contributed by atoms with van der Waals surface area (Å²) in [6.45, 7) is 6.48. The number of sulfonamides is 1. The van der Waals surface area contributed by atoms with Crippen LogP contribution in [0.5, 0.6) is 0 Å². The van der Waals surface area contributed by atoms with Gasteiger partial charge < -0.3 is 10.2 Å². The van der Waals surface area contributed by atoms with Crippen molar-refractivity contribution in [1.82, 2.24) is 0 Å². The fraction of sp³-hybridized carbons (Fsp3) is 0.500. The van der Waals surface area contributed by atoms with E-state index >= 15 is 0 Å². The van der Waals surface area contributed by atoms with E-state index in [9.17, 15) is 8.42 Å². The molecule has 1 aromatic carbocycles. The van der Waals surface area contributed by atoms with Gasteiger partial charge in [-0.05, 0) is 38.1 Å². The summed E-state index contributed by atoms with van der Waals surface area (Å²) >= 11 is 0. The van der Waals surface area contributed by atoms with Crippen LogP contribution >= 0.6 is 0 Å². The summed E-state index contributed by atoms with van der Waals surface area (Å²) in [5.74, 6) is -0.0647. The molecule has 6 heteroatoms. The van der Waals surface area contributed by atoms with Gasteiger partial charge in [-0.3, -0.25) is 0 Å². The molecular formula is C12H21N3O2S. The van der Waals surface area contributed by atoms with Crippen molar-refractivity contribution in [2.75, 3.05) is 35.6 Å². The van der Waals surface area contributed by atoms with Crippen LogP contribution in [0.2, 0.25) is 0 Å². The van der Waals surface area contributed by atoms with Crippen molar-refractivity contribution in [1.29, 1.82) is 0 Å². The molecule has 0 aliphatic rings. The zero-order valence-electron chi connectivity index (χ0n) is 10.9. The zero-order chi connectivity index (χ0) is 13.6. The number of nitrogens with one attached hydrogen (secondary N) is 1. The van der Waals surface area contributed by atoms with E-state index in [4.69, 9.17) is 5.14 Å². The molecule has 0 amide bonds. The standard InChI is InChI=1S/C12H21N3O2S/c1-3-15(4-2)12-7-5-11(6-8-12)14-9-10-18(13,16)17/h5-8,14H,3-4,9-10H2,1-2H3,(H2,13,16,17). The molecule has 0 radical (unpaired) electrons. The number of benzene rings is 1. The highest BCUT2D eigenvalue weighted by Crippen LogP contribution is 2.17. The summed E-state index contributed by atoms with van der Waals surface area (Å²) in [6.07, 6.45) is 0. The lowest BCUT2D eigenvalue weighted by atomic mass is 10.2. The SMILES string of the molecule is CCN(CC)c1ccc(NCCS(N)(=O)=O)cc1. The van der Waals surface area contributed by atoms with E-state index in [0.29, 0.717) is 6.54 Å². The van der Waals surface area contributed by atoms with Crippen LogP contribution in [-0.2, 0) is 10.0 Å². The van der Waals surface area contributed by atoms with Gasteiger partial charge >= 0.3 is 0 Å². The average molecular weight is 271 g/mol. The third-order valence-corrected chi connectivity index (χ3v) is 3.48. The third kappa shape index (κ3) is 4.93. The van der Waals surface area contributed by atoms with Crippen LogP contribution in [0.25, 0.3) is 0 Å². The molecule has 102 valence electrons. The van der Waals surface area contributed by atoms with Crippen LogP contribution in [0.15, 0.2) is 24.3 Å². The Kier molecular flexibility index (Phi) is 5.43. The van der Waals surface area contributed by atoms with Gasteiger partial charge in [-0.25, -0.2) is 13.6 Å². The number of nitrogens with zero attached hydrogens (tertiary/aromatic N) is 1. The summed E-state index contributed by atoms with van der Waals surface area (Å²) < 4.78 is 21.5. The maximum Gasteiger partial charge on any atom is 0.210 e. The molecule has 0 atom stereocenters. The van der Waals surface area contributed by atoms with Crippen LogP contribution in [0.3, 0.4) is 0 Å². The predicted octanol–water partition coefficient (Wildman–Crippen LogP) is 1.23. The van der Waals surface area contributed by atoms with Gasteiger partial charge in [-0.2, -0.15) is 0 Å². The molecular weight excluding hydrogens is 250 g/mol. The van der Waals surface area contributed by atoms with Crippen LogP contribution < -0.4 is 15.4 Å². The zero-order valence-corrected chi connectivity index (χ0v) is 11.7. The summed E-state index contributed by atoms with van der Waals surface area (Å²) in [5, 5.41) is 7.95. The van der Waals surface area contributed by atoms with Crippen molar-refractivity contribution in [2.24, 2.45) is 5.14 Å². The number of nitrogens with two attached hydrogens (primary N) is 1. The number of hydrogen-bond donors (Lipinski definition) is 2. The number of rotatable bonds is 7. The molecule has 5 nitrogen and oxygen atoms in total. The smallest absolute Gasteiger partial charge is 0.210 e. The lowest BCUT2D eigenvalue weighted by Gasteiger charge is -2.21. The molecule has 0 aliphatic carbocycles. The van der Waals surface area contributed by atoms with Gasteiger partial charge in [0.15, 0.2) is 0 Å². The molecule has 1 aromatic rings. The fourth-order valence-electron chi connectivity index (χ4n) is 1.72. The minimum absolute atomic E-state index is 0.0647. The highest BCUT2D eigenvalue weighted by molar-refractivity contribution is 7.89. The number of primary sulfonamides is 1. The Labute approximate surface area is 109 Å². The Morgan fingerprint density at radius 2 is 1.72 bits per heavy atom. The second-order valence-electron chi connectivity index (χ2n) is 4.01. The number of hydrogen-bond acceptors (Lipinski definition) is 4. The topological polar surface area (TPSA) is 75.4 Å². The Morgan fingerprint density at radius 3 is 2.17 bits per heavy atom. The molecule has 0 aromatic heterocycles. The van der Waals surface area contributed by atoms with Crippen LogP contribution in [0.4, 0.5) is 11.4 Å². The first-order valence-corrected chi connectivity index (χ1v) is 7.77. The predicted molar refractivity (Wildman–Crippen MR) is 76.5 cm³/mol. The van der Waals surface area contributed by atoms with Crippen molar-refractivity contribution in [3.63, 3.8) is 0 Å². The van der Waals surface area contributed by atoms with Gasteiger partial charge in [0.25, 0.3) is 0 Å². The van der Waals surface area contributed by atoms with E-state index < -0.39 is 10.0 Å². The van der Waals surface area contributed by atoms with Gasteiger partial charge in [0.2, 0.25) is 10.0 Å². The maximum absolute atomic E-state index is 10.8. The molecule has 0 bridgehead atoms. The van der Waals surface area contributed by atoms with Crippen molar-refractivity contribution < 1.29 is 8.42 Å². The van der Waals surface area contributed by atoms with Gasteiger partial charge in [0, 0.05) is 31.0 Å². The van der Waals surface area contributed by atoms with E-state index in [2.05, 4.69) is 24.1 Å². The van der Waals surface area contributed by atoms with Crippen molar-refractivity contribution in [3.05, 3.63) is 24.3 Å². The summed E-state index contributed by atoms with van der Waals surface area (Å²) in [6, 6.07) is 7.92. The molecule has 0 aliphatic heterocycles. The van der Waals surface area contributed by atoms with Gasteiger partial charge in [-0.1, -0.05) is 0 Å². The van der Waals surface area contributed by atoms with Crippen molar-refractivity contribution in [2.45, 2.75) is 13.8 Å². The van der Waals surface area contributed by atoms with E-state index in [-0.39, 0.29) is 5.75 Å². The monoisotopic (exact) mass is 271 g/mol. The normalized spacial score (nSPS) is 11.3. The molecule has 3 N–H and O–H groups in total. The van der Waals surface area contributed by atoms with Gasteiger partial charge in [-0.15, -0.1) is 0 Å². The molecule has 0 unspecified atom stereocenters. The van der Waals surface area contributed by atoms with Gasteiger partial charge in [0.1, 0.15) is 0 Å². The largest absolute Gasteiger partial charge is 0.384 e. The lowest BCUT2D eigenvalue weighted by Crippen LogP contribution is -2.22. The fourth-order valence-corrected chi connectivity index (χ4v) is 2.10. The Hall–Kier alpha value is -1.27. The van der Waals surface area contributed by atoms with Gasteiger partial charge in [0.05, 0.1) is 5.75 Å². The van der Waals surface area contributed by atoms with Crippen molar-refractivity contribution in [3.8, 4) is 0 Å². The second kappa shape index (κ2) is 6.61. The average Bonchev–Trinajstić information content (AvgIpc) is 2.31. The Bertz CT molecular complexity index is 453. The molecule has 0 spiro atoms. The lowest BCUT2D eigenvalue weighted by molar-refractivity contribution is 0.598. The maximum atomic E-state index is 10.8. The van der Waals surface area contributed by atoms with E-state index in [1.54, 1.807) is 0 Å². The quantitative estimate of drug-likeness (QED) is 0.782. The van der Waals surface area contributed by atoms with E-state index in [1.165, 1.54) is 0 Å². The summed E-state index contributed by atoms with van der Waals surface area (Å²) in [7, 11) is -3.39. The molecule has 0 saturated carbocycles. The molecule has 0 saturated heterocycles. The molecule has 0 heterocycles. The van der Waals surface area contributed by atoms with Crippen LogP contribution in [0, 0.1) is 0 Å². The minimum atomic E-state index is -3.39. The summed E-state index contributed by atoms with van der Waals surface area (Å²) in [4.78, 5) is 2.24. The van der Waals surface area contributed by atoms with E-state index in [0.717, 1.165) is 24.5 Å². The van der Waals surface area contributed by atoms with E-state index in [1.807, 2.05) is 24.3 Å².